The van der Waals surface area contributed by atoms with E-state index in [0.29, 0.717) is 18.7 Å². The van der Waals surface area contributed by atoms with Gasteiger partial charge >= 0.3 is 0 Å². The van der Waals surface area contributed by atoms with Crippen molar-refractivity contribution in [3.8, 4) is 11.5 Å². The topological polar surface area (TPSA) is 65.9 Å². The third kappa shape index (κ3) is 8.51. The quantitative estimate of drug-likeness (QED) is 0.220. The zero-order valence-electron chi connectivity index (χ0n) is 16.1. The molecule has 0 radical (unpaired) electrons. The number of benzene rings is 2. The Bertz CT molecular complexity index is 693. The molecule has 5 nitrogen and oxygen atoms in total. The van der Waals surface area contributed by atoms with Crippen molar-refractivity contribution in [3.63, 3.8) is 0 Å². The molecule has 148 valence electrons. The van der Waals surface area contributed by atoms with Crippen LogP contribution in [0.4, 0.5) is 0 Å². The molecule has 0 aromatic heterocycles. The Labute approximate surface area is 179 Å². The lowest BCUT2D eigenvalue weighted by Crippen LogP contribution is -2.38. The highest BCUT2D eigenvalue weighted by atomic mass is 127. The van der Waals surface area contributed by atoms with E-state index in [1.54, 1.807) is 13.2 Å². The summed E-state index contributed by atoms with van der Waals surface area (Å²) in [5.74, 6) is 1.73. The second-order valence-electron chi connectivity index (χ2n) is 6.02. The number of phenols is 1. The van der Waals surface area contributed by atoms with Gasteiger partial charge in [0.25, 0.3) is 0 Å². The van der Waals surface area contributed by atoms with E-state index in [1.165, 1.54) is 5.56 Å². The van der Waals surface area contributed by atoms with Crippen LogP contribution in [0.3, 0.4) is 0 Å². The molecule has 0 amide bonds. The van der Waals surface area contributed by atoms with Gasteiger partial charge in [-0.3, -0.25) is 4.99 Å². The first-order chi connectivity index (χ1) is 12.7. The second kappa shape index (κ2) is 13.2. The maximum absolute atomic E-state index is 10.0. The molecule has 0 aliphatic rings. The highest BCUT2D eigenvalue weighted by Gasteiger charge is 2.04. The van der Waals surface area contributed by atoms with Gasteiger partial charge in [0, 0.05) is 25.7 Å². The van der Waals surface area contributed by atoms with Gasteiger partial charge in [0.15, 0.2) is 5.96 Å². The van der Waals surface area contributed by atoms with Crippen LogP contribution in [0.2, 0.25) is 0 Å². The third-order valence-corrected chi connectivity index (χ3v) is 4.06. The van der Waals surface area contributed by atoms with Crippen LogP contribution >= 0.6 is 24.0 Å². The molecule has 2 aromatic carbocycles. The lowest BCUT2D eigenvalue weighted by molar-refractivity contribution is 0.406. The minimum atomic E-state index is 0. The van der Waals surface area contributed by atoms with Gasteiger partial charge in [-0.25, -0.2) is 0 Å². The van der Waals surface area contributed by atoms with E-state index in [9.17, 15) is 5.11 Å². The fraction of sp³-hybridized carbons (Fsp3) is 0.381. The largest absolute Gasteiger partial charge is 0.508 e. The Kier molecular flexibility index (Phi) is 11.3. The summed E-state index contributed by atoms with van der Waals surface area (Å²) in [7, 11) is 1.59. The lowest BCUT2D eigenvalue weighted by Gasteiger charge is -2.12. The van der Waals surface area contributed by atoms with E-state index in [2.05, 4.69) is 46.8 Å². The summed E-state index contributed by atoms with van der Waals surface area (Å²) in [6.45, 7) is 4.34. The van der Waals surface area contributed by atoms with Crippen LogP contribution in [0.1, 0.15) is 24.5 Å². The monoisotopic (exact) mass is 483 g/mol. The number of rotatable bonds is 9. The number of guanidine groups is 1. The first-order valence-corrected chi connectivity index (χ1v) is 9.15. The van der Waals surface area contributed by atoms with Crippen LogP contribution in [0.15, 0.2) is 53.5 Å². The maximum atomic E-state index is 10.0. The third-order valence-electron chi connectivity index (χ3n) is 4.06. The molecule has 0 aliphatic heterocycles. The van der Waals surface area contributed by atoms with Crippen molar-refractivity contribution < 1.29 is 9.84 Å². The van der Waals surface area contributed by atoms with Gasteiger partial charge in [-0.1, -0.05) is 36.4 Å². The lowest BCUT2D eigenvalue weighted by atomic mass is 10.1. The maximum Gasteiger partial charge on any atom is 0.191 e. The summed E-state index contributed by atoms with van der Waals surface area (Å²) in [5, 5.41) is 16.6. The summed E-state index contributed by atoms with van der Waals surface area (Å²) < 4.78 is 5.11. The summed E-state index contributed by atoms with van der Waals surface area (Å²) in [4.78, 5) is 4.62. The number of hydrogen-bond donors (Lipinski definition) is 3. The van der Waals surface area contributed by atoms with Crippen molar-refractivity contribution in [2.75, 3.05) is 26.7 Å². The fourth-order valence-corrected chi connectivity index (χ4v) is 2.66. The van der Waals surface area contributed by atoms with Gasteiger partial charge in [-0.15, -0.1) is 24.0 Å². The van der Waals surface area contributed by atoms with Crippen LogP contribution in [-0.2, 0) is 12.8 Å². The number of methoxy groups -OCH3 is 1. The first-order valence-electron chi connectivity index (χ1n) is 9.15. The molecule has 3 N–H and O–H groups in total. The molecule has 2 rings (SSSR count). The van der Waals surface area contributed by atoms with Crippen LogP contribution < -0.4 is 15.4 Å². The molecule has 27 heavy (non-hydrogen) atoms. The average molecular weight is 483 g/mol. The summed E-state index contributed by atoms with van der Waals surface area (Å²) in [6.07, 6.45) is 2.76. The Balaban J connectivity index is 0.00000364. The molecule has 0 atom stereocenters. The van der Waals surface area contributed by atoms with E-state index in [1.807, 2.05) is 18.2 Å². The van der Waals surface area contributed by atoms with Gasteiger partial charge in [0.1, 0.15) is 11.5 Å². The Hall–Kier alpha value is -1.96. The van der Waals surface area contributed by atoms with Crippen molar-refractivity contribution in [1.29, 1.82) is 0 Å². The van der Waals surface area contributed by atoms with Crippen LogP contribution in [0.5, 0.6) is 11.5 Å². The molecule has 0 bridgehead atoms. The minimum Gasteiger partial charge on any atom is -0.508 e. The molecule has 0 heterocycles. The molecule has 0 saturated heterocycles. The average Bonchev–Trinajstić information content (AvgIpc) is 2.67. The highest BCUT2D eigenvalue weighted by Crippen LogP contribution is 2.23. The number of nitrogens with one attached hydrogen (secondary N) is 2. The van der Waals surface area contributed by atoms with Gasteiger partial charge < -0.3 is 20.5 Å². The first kappa shape index (κ1) is 23.1. The molecule has 2 aromatic rings. The number of aryl methyl sites for hydroxylation is 1. The van der Waals surface area contributed by atoms with Crippen LogP contribution in [-0.4, -0.2) is 37.8 Å². The van der Waals surface area contributed by atoms with Crippen molar-refractivity contribution in [2.45, 2.75) is 26.2 Å². The van der Waals surface area contributed by atoms with E-state index in [4.69, 9.17) is 4.74 Å². The zero-order chi connectivity index (χ0) is 18.6. The van der Waals surface area contributed by atoms with Crippen molar-refractivity contribution in [2.24, 2.45) is 4.99 Å². The second-order valence-corrected chi connectivity index (χ2v) is 6.02. The Morgan fingerprint density at radius 3 is 2.52 bits per heavy atom. The fourth-order valence-electron chi connectivity index (χ4n) is 2.66. The summed E-state index contributed by atoms with van der Waals surface area (Å²) in [5.41, 5.74) is 2.23. The van der Waals surface area contributed by atoms with Gasteiger partial charge in [0.2, 0.25) is 0 Å². The molecule has 0 unspecified atom stereocenters. The number of aliphatic imine (C=N–C) groups is 1. The Morgan fingerprint density at radius 1 is 1.07 bits per heavy atom. The Morgan fingerprint density at radius 2 is 1.85 bits per heavy atom. The van der Waals surface area contributed by atoms with Crippen molar-refractivity contribution in [1.82, 2.24) is 10.6 Å². The van der Waals surface area contributed by atoms with E-state index < -0.39 is 0 Å². The van der Waals surface area contributed by atoms with E-state index in [-0.39, 0.29) is 29.7 Å². The SMILES string of the molecule is CCNC(=NCCCc1ccccc1)NCCc1ccc(OC)cc1O.I. The number of halogens is 1. The molecule has 6 heteroatoms. The highest BCUT2D eigenvalue weighted by molar-refractivity contribution is 14.0. The number of aromatic hydroxyl groups is 1. The summed E-state index contributed by atoms with van der Waals surface area (Å²) in [6, 6.07) is 15.9. The number of nitrogens with zero attached hydrogens (tertiary/aromatic N) is 1. The van der Waals surface area contributed by atoms with E-state index >= 15 is 0 Å². The van der Waals surface area contributed by atoms with Gasteiger partial charge in [0.05, 0.1) is 7.11 Å². The van der Waals surface area contributed by atoms with Gasteiger partial charge in [-0.2, -0.15) is 0 Å². The standard InChI is InChI=1S/C21H29N3O2.HI/c1-3-22-21(23-14-7-10-17-8-5-4-6-9-17)24-15-13-18-11-12-19(26-2)16-20(18)25;/h4-6,8-9,11-12,16,25H,3,7,10,13-15H2,1-2H3,(H2,22,23,24);1H. The van der Waals surface area contributed by atoms with Crippen molar-refractivity contribution in [3.05, 3.63) is 59.7 Å². The molecule has 0 aliphatic carbocycles. The molecular formula is C21H30IN3O2. The molecule has 0 saturated carbocycles. The summed E-state index contributed by atoms with van der Waals surface area (Å²) >= 11 is 0. The minimum absolute atomic E-state index is 0. The number of ether oxygens (including phenoxy) is 1. The normalized spacial score (nSPS) is 10.8. The molecule has 0 spiro atoms. The molecule has 0 fully saturated rings. The van der Waals surface area contributed by atoms with Gasteiger partial charge in [-0.05, 0) is 43.4 Å². The van der Waals surface area contributed by atoms with Crippen LogP contribution in [0.25, 0.3) is 0 Å². The molecular weight excluding hydrogens is 453 g/mol. The smallest absolute Gasteiger partial charge is 0.191 e. The van der Waals surface area contributed by atoms with Crippen LogP contribution in [0, 0.1) is 0 Å². The number of phenolic OH excluding ortho intramolecular Hbond substituents is 1. The van der Waals surface area contributed by atoms with Crippen molar-refractivity contribution >= 4 is 29.9 Å². The predicted octanol–water partition coefficient (Wildman–Crippen LogP) is 3.75. The van der Waals surface area contributed by atoms with E-state index in [0.717, 1.165) is 37.5 Å². The predicted molar refractivity (Wildman–Crippen MR) is 123 cm³/mol. The number of hydrogen-bond acceptors (Lipinski definition) is 3. The zero-order valence-corrected chi connectivity index (χ0v) is 18.4.